The number of carbonyl (C=O) groups is 2. The van der Waals surface area contributed by atoms with Crippen LogP contribution in [-0.2, 0) is 20.5 Å². The Bertz CT molecular complexity index is 565. The summed E-state index contributed by atoms with van der Waals surface area (Å²) in [6, 6.07) is 0. The van der Waals surface area contributed by atoms with E-state index in [1.54, 1.807) is 11.8 Å². The van der Waals surface area contributed by atoms with Crippen molar-refractivity contribution in [3.8, 4) is 0 Å². The molecule has 7 nitrogen and oxygen atoms in total. The van der Waals surface area contributed by atoms with Crippen molar-refractivity contribution in [1.29, 1.82) is 0 Å². The molecule has 0 radical (unpaired) electrons. The van der Waals surface area contributed by atoms with E-state index in [4.69, 9.17) is 0 Å². The number of carbonyl (C=O) groups excluding carboxylic acids is 2. The van der Waals surface area contributed by atoms with Crippen LogP contribution in [0.3, 0.4) is 0 Å². The smallest absolute Gasteiger partial charge is 0.460 e. The number of likely N-dealkylation sites (tertiary alicyclic amines) is 1. The van der Waals surface area contributed by atoms with E-state index < -0.39 is 23.8 Å². The highest BCUT2D eigenvalue weighted by Crippen LogP contribution is 2.32. The van der Waals surface area contributed by atoms with E-state index in [1.807, 2.05) is 0 Å². The normalized spacial score (nSPS) is 17.2. The van der Waals surface area contributed by atoms with Gasteiger partial charge in [-0.05, 0) is 32.9 Å². The van der Waals surface area contributed by atoms with E-state index >= 15 is 0 Å². The molecule has 0 spiro atoms. The van der Waals surface area contributed by atoms with Crippen molar-refractivity contribution in [3.63, 3.8) is 0 Å². The van der Waals surface area contributed by atoms with Crippen LogP contribution in [0.4, 0.5) is 13.2 Å². The summed E-state index contributed by atoms with van der Waals surface area (Å²) in [5.41, 5.74) is 0. The maximum absolute atomic E-state index is 12.4. The molecule has 23 heavy (non-hydrogen) atoms. The molecule has 0 saturated carbocycles. The highest BCUT2D eigenvalue weighted by atomic mass is 19.4. The van der Waals surface area contributed by atoms with Gasteiger partial charge in [-0.1, -0.05) is 0 Å². The third-order valence-electron chi connectivity index (χ3n) is 3.49. The van der Waals surface area contributed by atoms with Gasteiger partial charge in [0.25, 0.3) is 5.78 Å². The number of Topliss-reactive ketones (excluding diaryl/α,β-unsaturated/α-hetero) is 1. The zero-order valence-electron chi connectivity index (χ0n) is 12.4. The number of ketones is 1. The second-order valence-corrected chi connectivity index (χ2v) is 5.14. The number of piperidine rings is 1. The fourth-order valence-electron chi connectivity index (χ4n) is 2.33. The monoisotopic (exact) mass is 335 g/mol. The molecule has 0 aromatic carbocycles. The van der Waals surface area contributed by atoms with Gasteiger partial charge < -0.3 is 9.15 Å². The van der Waals surface area contributed by atoms with Crippen LogP contribution < -0.4 is 0 Å². The SMILES string of the molecule is CCOC(=O)C(=O)CN1CCC(c2nnc(C(F)(F)F)o2)CC1. The number of hydrogen-bond acceptors (Lipinski definition) is 7. The van der Waals surface area contributed by atoms with E-state index in [0.29, 0.717) is 25.9 Å². The lowest BCUT2D eigenvalue weighted by atomic mass is 9.97. The molecule has 1 aromatic rings. The summed E-state index contributed by atoms with van der Waals surface area (Å²) in [7, 11) is 0. The lowest BCUT2D eigenvalue weighted by molar-refractivity contribution is -0.157. The molecule has 1 saturated heterocycles. The Hall–Kier alpha value is -1.97. The van der Waals surface area contributed by atoms with Crippen LogP contribution in [0.2, 0.25) is 0 Å². The van der Waals surface area contributed by atoms with Crippen molar-refractivity contribution in [2.45, 2.75) is 31.9 Å². The van der Waals surface area contributed by atoms with Crippen molar-refractivity contribution < 1.29 is 31.9 Å². The van der Waals surface area contributed by atoms with Crippen molar-refractivity contribution in [2.24, 2.45) is 0 Å². The van der Waals surface area contributed by atoms with Gasteiger partial charge in [-0.15, -0.1) is 10.2 Å². The summed E-state index contributed by atoms with van der Waals surface area (Å²) in [6.07, 6.45) is -3.72. The lowest BCUT2D eigenvalue weighted by Crippen LogP contribution is -2.39. The van der Waals surface area contributed by atoms with Crippen molar-refractivity contribution >= 4 is 11.8 Å². The van der Waals surface area contributed by atoms with Gasteiger partial charge >= 0.3 is 18.0 Å². The Labute approximate surface area is 129 Å². The topological polar surface area (TPSA) is 85.5 Å². The Kier molecular flexibility index (Phi) is 5.34. The van der Waals surface area contributed by atoms with Crippen LogP contribution in [0, 0.1) is 0 Å². The standard InChI is InChI=1S/C13H16F3N3O4/c1-2-22-11(21)9(20)7-19-5-3-8(4-6-19)10-17-18-12(23-10)13(14,15)16/h8H,2-7H2,1H3. The van der Waals surface area contributed by atoms with Crippen molar-refractivity contribution in [3.05, 3.63) is 11.8 Å². The number of rotatable bonds is 5. The molecule has 1 aliphatic rings. The van der Waals surface area contributed by atoms with Crippen LogP contribution >= 0.6 is 0 Å². The minimum atomic E-state index is -4.65. The molecule has 0 amide bonds. The number of aromatic nitrogens is 2. The molecule has 1 aromatic heterocycles. The van der Waals surface area contributed by atoms with Gasteiger partial charge in [0.15, 0.2) is 0 Å². The van der Waals surface area contributed by atoms with Gasteiger partial charge in [-0.2, -0.15) is 13.2 Å². The van der Waals surface area contributed by atoms with E-state index in [1.165, 1.54) is 0 Å². The Morgan fingerprint density at radius 2 is 1.96 bits per heavy atom. The fourth-order valence-corrected chi connectivity index (χ4v) is 2.33. The number of hydrogen-bond donors (Lipinski definition) is 0. The minimum Gasteiger partial charge on any atom is -0.460 e. The van der Waals surface area contributed by atoms with E-state index in [9.17, 15) is 22.8 Å². The summed E-state index contributed by atoms with van der Waals surface area (Å²) >= 11 is 0. The molecule has 0 unspecified atom stereocenters. The van der Waals surface area contributed by atoms with Crippen LogP contribution in [0.5, 0.6) is 0 Å². The van der Waals surface area contributed by atoms with E-state index in [2.05, 4.69) is 19.4 Å². The first-order valence-electron chi connectivity index (χ1n) is 7.14. The Morgan fingerprint density at radius 3 is 2.48 bits per heavy atom. The highest BCUT2D eigenvalue weighted by Gasteiger charge is 2.39. The van der Waals surface area contributed by atoms with Crippen LogP contribution in [0.15, 0.2) is 4.42 Å². The molecule has 0 atom stereocenters. The first-order valence-corrected chi connectivity index (χ1v) is 7.14. The molecule has 2 heterocycles. The number of alkyl halides is 3. The van der Waals surface area contributed by atoms with Gasteiger partial charge in [0, 0.05) is 5.92 Å². The number of ether oxygens (including phenoxy) is 1. The van der Waals surface area contributed by atoms with Gasteiger partial charge in [0.05, 0.1) is 13.2 Å². The average Bonchev–Trinajstić information content (AvgIpc) is 2.98. The molecule has 1 aliphatic heterocycles. The summed E-state index contributed by atoms with van der Waals surface area (Å²) in [4.78, 5) is 24.6. The van der Waals surface area contributed by atoms with Gasteiger partial charge in [0.1, 0.15) is 0 Å². The van der Waals surface area contributed by atoms with Crippen molar-refractivity contribution in [2.75, 3.05) is 26.2 Å². The van der Waals surface area contributed by atoms with Crippen molar-refractivity contribution in [1.82, 2.24) is 15.1 Å². The molecular weight excluding hydrogens is 319 g/mol. The first kappa shape index (κ1) is 17.4. The van der Waals surface area contributed by atoms with Gasteiger partial charge in [-0.3, -0.25) is 9.69 Å². The van der Waals surface area contributed by atoms with Gasteiger partial charge in [-0.25, -0.2) is 4.79 Å². The summed E-state index contributed by atoms with van der Waals surface area (Å²) in [5.74, 6) is -3.20. The average molecular weight is 335 g/mol. The van der Waals surface area contributed by atoms with Gasteiger partial charge in [0.2, 0.25) is 5.89 Å². The number of halogens is 3. The van der Waals surface area contributed by atoms with Crippen LogP contribution in [0.25, 0.3) is 0 Å². The predicted octanol–water partition coefficient (Wildman–Crippen LogP) is 1.40. The van der Waals surface area contributed by atoms with E-state index in [-0.39, 0.29) is 25.0 Å². The minimum absolute atomic E-state index is 0.0475. The summed E-state index contributed by atoms with van der Waals surface area (Å²) in [6.45, 7) is 2.56. The molecule has 10 heteroatoms. The molecule has 0 bridgehead atoms. The highest BCUT2D eigenvalue weighted by molar-refractivity contribution is 6.34. The number of nitrogens with zero attached hydrogens (tertiary/aromatic N) is 3. The molecule has 128 valence electrons. The second kappa shape index (κ2) is 7.07. The number of esters is 1. The zero-order chi connectivity index (χ0) is 17.0. The molecule has 1 fully saturated rings. The Balaban J connectivity index is 1.85. The molecule has 0 aliphatic carbocycles. The Morgan fingerprint density at radius 1 is 1.30 bits per heavy atom. The fraction of sp³-hybridized carbons (Fsp3) is 0.692. The predicted molar refractivity (Wildman–Crippen MR) is 69.4 cm³/mol. The molecule has 2 rings (SSSR count). The van der Waals surface area contributed by atoms with Crippen LogP contribution in [-0.4, -0.2) is 53.1 Å². The zero-order valence-corrected chi connectivity index (χ0v) is 12.4. The van der Waals surface area contributed by atoms with Crippen LogP contribution in [0.1, 0.15) is 37.5 Å². The summed E-state index contributed by atoms with van der Waals surface area (Å²) < 4.78 is 46.6. The molecular formula is C13H16F3N3O4. The maximum Gasteiger partial charge on any atom is 0.470 e. The summed E-state index contributed by atoms with van der Waals surface area (Å²) in [5, 5.41) is 6.45. The lowest BCUT2D eigenvalue weighted by Gasteiger charge is -2.29. The second-order valence-electron chi connectivity index (χ2n) is 5.14. The largest absolute Gasteiger partial charge is 0.470 e. The first-order chi connectivity index (χ1) is 10.8. The quantitative estimate of drug-likeness (QED) is 0.594. The molecule has 0 N–H and O–H groups in total. The third kappa shape index (κ3) is 4.50. The maximum atomic E-state index is 12.4. The third-order valence-corrected chi connectivity index (χ3v) is 3.49. The van der Waals surface area contributed by atoms with E-state index in [0.717, 1.165) is 0 Å².